The smallest absolute Gasteiger partial charge is 0.128 e. The Labute approximate surface area is 137 Å². The highest BCUT2D eigenvalue weighted by Gasteiger charge is 2.06. The molecule has 1 heterocycles. The summed E-state index contributed by atoms with van der Waals surface area (Å²) in [6.45, 7) is 5.73. The van der Waals surface area contributed by atoms with Gasteiger partial charge < -0.3 is 11.1 Å². The number of aliphatic imine (C=N–C) groups is 1. The molecule has 0 spiro atoms. The van der Waals surface area contributed by atoms with Gasteiger partial charge in [-0.15, -0.1) is 0 Å². The van der Waals surface area contributed by atoms with Crippen LogP contribution >= 0.6 is 0 Å². The van der Waals surface area contributed by atoms with Crippen LogP contribution in [-0.4, -0.2) is 24.8 Å². The minimum absolute atomic E-state index is 0.0421. The number of nitrogens with one attached hydrogen (secondary N) is 2. The van der Waals surface area contributed by atoms with Crippen LogP contribution in [0.3, 0.4) is 0 Å². The average molecular weight is 306 g/mol. The maximum absolute atomic E-state index is 7.36. The van der Waals surface area contributed by atoms with Crippen molar-refractivity contribution >= 4 is 11.7 Å². The van der Waals surface area contributed by atoms with Gasteiger partial charge in [-0.3, -0.25) is 10.4 Å². The van der Waals surface area contributed by atoms with Crippen molar-refractivity contribution in [2.24, 2.45) is 10.7 Å². The number of benzene rings is 1. The summed E-state index contributed by atoms with van der Waals surface area (Å²) < 4.78 is 0. The second-order valence-electron chi connectivity index (χ2n) is 5.29. The van der Waals surface area contributed by atoms with Gasteiger partial charge in [-0.1, -0.05) is 37.0 Å². The fraction of sp³-hybridized carbons (Fsp3) is 0.263. The highest BCUT2D eigenvalue weighted by molar-refractivity contribution is 5.99. The molecular formula is C19H22N4. The topological polar surface area (TPSA) is 74.3 Å². The molecular weight excluding hydrogens is 284 g/mol. The minimum Gasteiger partial charge on any atom is -0.384 e. The van der Waals surface area contributed by atoms with Crippen molar-refractivity contribution in [3.63, 3.8) is 0 Å². The molecule has 0 aliphatic carbocycles. The molecule has 0 atom stereocenters. The van der Waals surface area contributed by atoms with Gasteiger partial charge >= 0.3 is 0 Å². The van der Waals surface area contributed by atoms with E-state index in [-0.39, 0.29) is 5.84 Å². The predicted molar refractivity (Wildman–Crippen MR) is 96.8 cm³/mol. The summed E-state index contributed by atoms with van der Waals surface area (Å²) in [5.74, 6) is 7.34. The summed E-state index contributed by atoms with van der Waals surface area (Å²) in [4.78, 5) is 4.41. The molecule has 0 saturated heterocycles. The zero-order valence-electron chi connectivity index (χ0n) is 13.6. The zero-order chi connectivity index (χ0) is 16.7. The molecule has 23 heavy (non-hydrogen) atoms. The van der Waals surface area contributed by atoms with Crippen LogP contribution in [0.2, 0.25) is 0 Å². The monoisotopic (exact) mass is 306 g/mol. The second kappa shape index (κ2) is 8.00. The van der Waals surface area contributed by atoms with Gasteiger partial charge in [0.15, 0.2) is 0 Å². The molecule has 2 rings (SSSR count). The van der Waals surface area contributed by atoms with Gasteiger partial charge in [0.2, 0.25) is 0 Å². The van der Waals surface area contributed by atoms with E-state index in [2.05, 4.69) is 29.1 Å². The molecule has 0 bridgehead atoms. The van der Waals surface area contributed by atoms with Crippen molar-refractivity contribution in [3.05, 3.63) is 58.7 Å². The van der Waals surface area contributed by atoms with Gasteiger partial charge in [-0.25, -0.2) is 0 Å². The molecule has 1 aliphatic rings. The summed E-state index contributed by atoms with van der Waals surface area (Å²) in [5.41, 5.74) is 9.28. The largest absolute Gasteiger partial charge is 0.384 e. The van der Waals surface area contributed by atoms with Crippen LogP contribution in [0.15, 0.2) is 52.6 Å². The van der Waals surface area contributed by atoms with E-state index in [9.17, 15) is 0 Å². The first-order chi connectivity index (χ1) is 11.1. The normalized spacial score (nSPS) is 14.6. The van der Waals surface area contributed by atoms with E-state index in [0.29, 0.717) is 0 Å². The maximum Gasteiger partial charge on any atom is 0.128 e. The number of hydrogen-bond acceptors (Lipinski definition) is 3. The van der Waals surface area contributed by atoms with Crippen LogP contribution < -0.4 is 11.1 Å². The quantitative estimate of drug-likeness (QED) is 0.346. The highest BCUT2D eigenvalue weighted by Crippen LogP contribution is 2.10. The molecule has 0 amide bonds. The first-order valence-electron chi connectivity index (χ1n) is 7.73. The van der Waals surface area contributed by atoms with E-state index in [1.807, 2.05) is 37.3 Å². The van der Waals surface area contributed by atoms with Gasteiger partial charge in [0.1, 0.15) is 11.7 Å². The Hall–Kier alpha value is -2.80. The molecule has 0 saturated carbocycles. The van der Waals surface area contributed by atoms with Crippen molar-refractivity contribution in [2.75, 3.05) is 13.1 Å². The molecule has 4 nitrogen and oxygen atoms in total. The number of rotatable bonds is 4. The van der Waals surface area contributed by atoms with Gasteiger partial charge in [0.25, 0.3) is 0 Å². The van der Waals surface area contributed by atoms with Gasteiger partial charge in [-0.2, -0.15) is 0 Å². The summed E-state index contributed by atoms with van der Waals surface area (Å²) >= 11 is 0. The molecule has 4 N–H and O–H groups in total. The van der Waals surface area contributed by atoms with E-state index < -0.39 is 0 Å². The lowest BCUT2D eigenvalue weighted by atomic mass is 10.1. The molecule has 1 aromatic rings. The summed E-state index contributed by atoms with van der Waals surface area (Å²) in [7, 11) is 0. The zero-order valence-corrected chi connectivity index (χ0v) is 13.6. The number of nitrogens with zero attached hydrogens (tertiary/aromatic N) is 1. The van der Waals surface area contributed by atoms with Gasteiger partial charge in [0, 0.05) is 23.2 Å². The van der Waals surface area contributed by atoms with Crippen molar-refractivity contribution in [3.8, 4) is 11.8 Å². The lowest BCUT2D eigenvalue weighted by Gasteiger charge is -2.02. The fourth-order valence-corrected chi connectivity index (χ4v) is 2.27. The van der Waals surface area contributed by atoms with Crippen molar-refractivity contribution in [1.29, 1.82) is 5.41 Å². The third kappa shape index (κ3) is 4.86. The number of hydrogen-bond donors (Lipinski definition) is 3. The molecule has 0 unspecified atom stereocenters. The van der Waals surface area contributed by atoms with Crippen LogP contribution in [-0.2, 0) is 0 Å². The number of nitrogens with two attached hydrogens (primary N) is 1. The predicted octanol–water partition coefficient (Wildman–Crippen LogP) is 2.61. The highest BCUT2D eigenvalue weighted by atomic mass is 15.1. The van der Waals surface area contributed by atoms with E-state index in [4.69, 9.17) is 11.1 Å². The first-order valence-corrected chi connectivity index (χ1v) is 7.73. The Morgan fingerprint density at radius 3 is 2.70 bits per heavy atom. The van der Waals surface area contributed by atoms with E-state index in [1.54, 1.807) is 6.08 Å². The number of allylic oxidation sites excluding steroid dienone is 3. The Balaban J connectivity index is 2.18. The standard InChI is InChI=1S/C19H22N4/c1-3-4-16(14(2)13-18(20)21)8-5-15-6-9-17(10-7-15)19-22-11-12-23-19/h4,6-7,9-10,13H,3,11-12H2,1-2H3,(H3,20,21)(H,22,23)/b14-13+,16-4-. The van der Waals surface area contributed by atoms with Crippen molar-refractivity contribution < 1.29 is 0 Å². The van der Waals surface area contributed by atoms with E-state index in [0.717, 1.165) is 47.6 Å². The van der Waals surface area contributed by atoms with Gasteiger partial charge in [-0.05, 0) is 37.1 Å². The third-order valence-corrected chi connectivity index (χ3v) is 3.38. The molecule has 4 heteroatoms. The van der Waals surface area contributed by atoms with Crippen LogP contribution in [0.25, 0.3) is 0 Å². The summed E-state index contributed by atoms with van der Waals surface area (Å²) in [5, 5.41) is 10.6. The summed E-state index contributed by atoms with van der Waals surface area (Å²) in [6, 6.07) is 8.06. The van der Waals surface area contributed by atoms with Crippen molar-refractivity contribution in [2.45, 2.75) is 20.3 Å². The van der Waals surface area contributed by atoms with Crippen LogP contribution in [0.4, 0.5) is 0 Å². The molecule has 0 radical (unpaired) electrons. The van der Waals surface area contributed by atoms with Crippen LogP contribution in [0.1, 0.15) is 31.4 Å². The Morgan fingerprint density at radius 2 is 2.13 bits per heavy atom. The Bertz CT molecular complexity index is 725. The van der Waals surface area contributed by atoms with E-state index in [1.165, 1.54) is 0 Å². The second-order valence-corrected chi connectivity index (χ2v) is 5.29. The number of amidine groups is 2. The van der Waals surface area contributed by atoms with E-state index >= 15 is 0 Å². The SMILES string of the molecule is CC/C=C(C#Cc1ccc(C2=NCCN2)cc1)\C(C)=C\C(=N)N. The molecule has 0 aromatic heterocycles. The average Bonchev–Trinajstić information content (AvgIpc) is 3.05. The third-order valence-electron chi connectivity index (χ3n) is 3.38. The fourth-order valence-electron chi connectivity index (χ4n) is 2.27. The minimum atomic E-state index is 0.0421. The van der Waals surface area contributed by atoms with Crippen molar-refractivity contribution in [1.82, 2.24) is 5.32 Å². The Kier molecular flexibility index (Phi) is 5.76. The maximum atomic E-state index is 7.36. The van der Waals surface area contributed by atoms with Crippen LogP contribution in [0, 0.1) is 17.3 Å². The molecule has 1 aromatic carbocycles. The summed E-state index contributed by atoms with van der Waals surface area (Å²) in [6.07, 6.45) is 4.56. The van der Waals surface area contributed by atoms with Gasteiger partial charge in [0.05, 0.1) is 6.54 Å². The molecule has 1 aliphatic heterocycles. The Morgan fingerprint density at radius 1 is 1.39 bits per heavy atom. The molecule has 118 valence electrons. The first kappa shape index (κ1) is 16.6. The lowest BCUT2D eigenvalue weighted by Crippen LogP contribution is -2.19. The van der Waals surface area contributed by atoms with Crippen LogP contribution in [0.5, 0.6) is 0 Å². The lowest BCUT2D eigenvalue weighted by molar-refractivity contribution is 0.960. The molecule has 0 fully saturated rings.